The van der Waals surface area contributed by atoms with Gasteiger partial charge in [-0.15, -0.1) is 11.3 Å². The van der Waals surface area contributed by atoms with Gasteiger partial charge in [0.1, 0.15) is 12.3 Å². The predicted molar refractivity (Wildman–Crippen MR) is 137 cm³/mol. The number of nitrogens with one attached hydrogen (secondary N) is 1. The molecule has 2 amide bonds. The molecule has 7 nitrogen and oxygen atoms in total. The lowest BCUT2D eigenvalue weighted by atomic mass is 10.2. The minimum absolute atomic E-state index is 0.0199. The number of carbonyl (C=O) groups is 2. The molecule has 1 N–H and O–H groups in total. The Labute approximate surface area is 208 Å². The first-order valence-corrected chi connectivity index (χ1v) is 12.5. The highest BCUT2D eigenvalue weighted by Crippen LogP contribution is 2.30. The summed E-state index contributed by atoms with van der Waals surface area (Å²) in [6.45, 7) is 2.47. The largest absolute Gasteiger partial charge is 0.494 e. The van der Waals surface area contributed by atoms with E-state index < -0.39 is 0 Å². The van der Waals surface area contributed by atoms with E-state index in [1.807, 2.05) is 83.7 Å². The topological polar surface area (TPSA) is 76.5 Å². The van der Waals surface area contributed by atoms with Gasteiger partial charge in [0.25, 0.3) is 5.91 Å². The zero-order valence-corrected chi connectivity index (χ0v) is 20.2. The molecule has 1 fully saturated rings. The second-order valence-electron chi connectivity index (χ2n) is 8.31. The highest BCUT2D eigenvalue weighted by atomic mass is 32.1. The lowest BCUT2D eigenvalue weighted by Crippen LogP contribution is -2.39. The summed E-state index contributed by atoms with van der Waals surface area (Å²) in [5.41, 5.74) is 2.49. The van der Waals surface area contributed by atoms with Gasteiger partial charge in [0.2, 0.25) is 11.9 Å². The first-order valence-electron chi connectivity index (χ1n) is 11.6. The summed E-state index contributed by atoms with van der Waals surface area (Å²) < 4.78 is 7.50. The van der Waals surface area contributed by atoms with Crippen LogP contribution in [0.15, 0.2) is 78.3 Å². The minimum Gasteiger partial charge on any atom is -0.494 e. The van der Waals surface area contributed by atoms with Crippen molar-refractivity contribution in [3.05, 3.63) is 83.2 Å². The van der Waals surface area contributed by atoms with Gasteiger partial charge in [-0.3, -0.25) is 19.5 Å². The van der Waals surface area contributed by atoms with Crippen LogP contribution in [0.4, 0.5) is 5.95 Å². The Kier molecular flexibility index (Phi) is 6.63. The Bertz CT molecular complexity index is 1310. The summed E-state index contributed by atoms with van der Waals surface area (Å²) in [7, 11) is 0. The van der Waals surface area contributed by atoms with Crippen molar-refractivity contribution >= 4 is 29.1 Å². The van der Waals surface area contributed by atoms with Crippen LogP contribution in [0, 0.1) is 0 Å². The molecule has 35 heavy (non-hydrogen) atoms. The molecule has 2 heterocycles. The number of aromatic nitrogens is 2. The molecule has 0 spiro atoms. The third-order valence-corrected chi connectivity index (χ3v) is 6.59. The maximum atomic E-state index is 13.1. The van der Waals surface area contributed by atoms with Crippen molar-refractivity contribution in [3.8, 4) is 22.7 Å². The molecule has 1 aliphatic rings. The third kappa shape index (κ3) is 5.27. The molecule has 1 saturated carbocycles. The van der Waals surface area contributed by atoms with E-state index in [1.165, 1.54) is 11.3 Å². The summed E-state index contributed by atoms with van der Waals surface area (Å²) in [5.74, 6) is 0.741. The molecule has 2 aromatic heterocycles. The number of benzene rings is 2. The Balaban J connectivity index is 1.43. The van der Waals surface area contributed by atoms with Crippen LogP contribution in [0.3, 0.4) is 0 Å². The number of nitrogens with zero attached hydrogens (tertiary/aromatic N) is 3. The molecule has 0 bridgehead atoms. The molecule has 0 radical (unpaired) electrons. The number of anilines is 1. The van der Waals surface area contributed by atoms with E-state index in [2.05, 4.69) is 5.32 Å². The first kappa shape index (κ1) is 22.9. The van der Waals surface area contributed by atoms with Gasteiger partial charge < -0.3 is 9.64 Å². The average Bonchev–Trinajstić information content (AvgIpc) is 3.39. The normalized spacial score (nSPS) is 12.8. The van der Waals surface area contributed by atoms with Gasteiger partial charge in [0.05, 0.1) is 22.9 Å². The number of hydrogen-bond acceptors (Lipinski definition) is 5. The van der Waals surface area contributed by atoms with E-state index in [1.54, 1.807) is 11.0 Å². The van der Waals surface area contributed by atoms with Gasteiger partial charge in [0, 0.05) is 23.9 Å². The average molecular weight is 487 g/mol. The molecule has 178 valence electrons. The van der Waals surface area contributed by atoms with Gasteiger partial charge in [-0.25, -0.2) is 4.98 Å². The molecule has 0 unspecified atom stereocenters. The number of hydrogen-bond donors (Lipinski definition) is 1. The number of thiophene rings is 1. The van der Waals surface area contributed by atoms with Crippen molar-refractivity contribution in [2.75, 3.05) is 18.5 Å². The maximum absolute atomic E-state index is 13.1. The first-order chi connectivity index (χ1) is 17.1. The van der Waals surface area contributed by atoms with Gasteiger partial charge in [0.15, 0.2) is 0 Å². The van der Waals surface area contributed by atoms with Crippen molar-refractivity contribution in [1.82, 2.24) is 14.5 Å². The number of imidazole rings is 1. The van der Waals surface area contributed by atoms with E-state index in [4.69, 9.17) is 9.72 Å². The Morgan fingerprint density at radius 1 is 1.11 bits per heavy atom. The third-order valence-electron chi connectivity index (χ3n) is 5.73. The number of rotatable bonds is 9. The molecule has 0 atom stereocenters. The molecule has 5 rings (SSSR count). The van der Waals surface area contributed by atoms with Crippen molar-refractivity contribution < 1.29 is 14.3 Å². The molecule has 0 aliphatic heterocycles. The maximum Gasteiger partial charge on any atom is 0.264 e. The van der Waals surface area contributed by atoms with E-state index in [0.717, 1.165) is 35.5 Å². The zero-order chi connectivity index (χ0) is 24.2. The fraction of sp³-hybridized carbons (Fsp3) is 0.222. The van der Waals surface area contributed by atoms with Crippen LogP contribution in [0.5, 0.6) is 5.75 Å². The second-order valence-corrected chi connectivity index (χ2v) is 9.25. The summed E-state index contributed by atoms with van der Waals surface area (Å²) in [6, 6.07) is 21.2. The Hall–Kier alpha value is -3.91. The smallest absolute Gasteiger partial charge is 0.264 e. The Morgan fingerprint density at radius 2 is 1.94 bits per heavy atom. The van der Waals surface area contributed by atoms with Crippen LogP contribution in [-0.4, -0.2) is 45.5 Å². The van der Waals surface area contributed by atoms with Crippen molar-refractivity contribution in [2.45, 2.75) is 25.8 Å². The quantitative estimate of drug-likeness (QED) is 0.351. The van der Waals surface area contributed by atoms with Gasteiger partial charge in [-0.2, -0.15) is 0 Å². The van der Waals surface area contributed by atoms with Crippen LogP contribution in [0.2, 0.25) is 0 Å². The summed E-state index contributed by atoms with van der Waals surface area (Å²) in [5, 5.41) is 4.82. The van der Waals surface area contributed by atoms with Crippen molar-refractivity contribution in [1.29, 1.82) is 0 Å². The molecule has 1 aliphatic carbocycles. The fourth-order valence-electron chi connectivity index (χ4n) is 3.92. The fourth-order valence-corrected chi connectivity index (χ4v) is 4.60. The van der Waals surface area contributed by atoms with Crippen molar-refractivity contribution in [3.63, 3.8) is 0 Å². The molecular formula is C27H26N4O3S. The molecule has 2 aromatic carbocycles. The van der Waals surface area contributed by atoms with Crippen LogP contribution < -0.4 is 10.1 Å². The van der Waals surface area contributed by atoms with Gasteiger partial charge in [-0.05, 0) is 43.3 Å². The van der Waals surface area contributed by atoms with E-state index >= 15 is 0 Å². The highest BCUT2D eigenvalue weighted by Gasteiger charge is 2.35. The Morgan fingerprint density at radius 3 is 2.66 bits per heavy atom. The second kappa shape index (κ2) is 10.1. The van der Waals surface area contributed by atoms with Gasteiger partial charge in [-0.1, -0.05) is 42.5 Å². The number of amides is 2. The molecule has 4 aromatic rings. The lowest BCUT2D eigenvalue weighted by Gasteiger charge is -2.21. The summed E-state index contributed by atoms with van der Waals surface area (Å²) >= 11 is 1.39. The van der Waals surface area contributed by atoms with E-state index in [9.17, 15) is 9.59 Å². The van der Waals surface area contributed by atoms with E-state index in [0.29, 0.717) is 17.4 Å². The lowest BCUT2D eigenvalue weighted by molar-refractivity contribution is -0.117. The highest BCUT2D eigenvalue weighted by molar-refractivity contribution is 7.12. The van der Waals surface area contributed by atoms with Crippen LogP contribution in [-0.2, 0) is 4.79 Å². The summed E-state index contributed by atoms with van der Waals surface area (Å²) in [4.78, 5) is 33.2. The van der Waals surface area contributed by atoms with Crippen LogP contribution in [0.1, 0.15) is 29.4 Å². The molecule has 0 saturated heterocycles. The standard InChI is InChI=1S/C27H26N4O3S/c1-2-34-22-11-6-10-21(16-22)31-17-23(19-8-4-3-5-9-19)28-27(31)29-25(32)18-30(20-13-14-20)26(33)24-12-7-15-35-24/h3-12,15-17,20H,2,13-14,18H2,1H3,(H,28,29,32). The van der Waals surface area contributed by atoms with Crippen LogP contribution in [0.25, 0.3) is 16.9 Å². The SMILES string of the molecule is CCOc1cccc(-n2cc(-c3ccccc3)nc2NC(=O)CN(C(=O)c2cccs2)C2CC2)c1. The minimum atomic E-state index is -0.283. The molecular weight excluding hydrogens is 460 g/mol. The predicted octanol–water partition coefficient (Wildman–Crippen LogP) is 5.24. The van der Waals surface area contributed by atoms with Gasteiger partial charge >= 0.3 is 0 Å². The summed E-state index contributed by atoms with van der Waals surface area (Å²) in [6.07, 6.45) is 3.73. The van der Waals surface area contributed by atoms with Crippen LogP contribution >= 0.6 is 11.3 Å². The zero-order valence-electron chi connectivity index (χ0n) is 19.4. The monoisotopic (exact) mass is 486 g/mol. The van der Waals surface area contributed by atoms with E-state index in [-0.39, 0.29) is 24.4 Å². The number of ether oxygens (including phenoxy) is 1. The number of carbonyl (C=O) groups excluding carboxylic acids is 2. The molecule has 8 heteroatoms. The van der Waals surface area contributed by atoms with Crippen molar-refractivity contribution in [2.24, 2.45) is 0 Å².